The second-order valence-electron chi connectivity index (χ2n) is 4.78. The third kappa shape index (κ3) is 6.91. The lowest BCUT2D eigenvalue weighted by Crippen LogP contribution is -2.11. The minimum absolute atomic E-state index is 0.00458. The van der Waals surface area contributed by atoms with Crippen LogP contribution in [0.5, 0.6) is 0 Å². The zero-order valence-electron chi connectivity index (χ0n) is 13.5. The molecule has 0 fully saturated rings. The minimum Gasteiger partial charge on any atom is -0.463 e. The summed E-state index contributed by atoms with van der Waals surface area (Å²) < 4.78 is 9.73. The number of hydrogen-bond donors (Lipinski definition) is 0. The van der Waals surface area contributed by atoms with Crippen molar-refractivity contribution in [2.75, 3.05) is 13.2 Å². The summed E-state index contributed by atoms with van der Waals surface area (Å²) in [5.41, 5.74) is 0.866. The van der Waals surface area contributed by atoms with Crippen molar-refractivity contribution in [1.82, 2.24) is 0 Å². The smallest absolute Gasteiger partial charge is 0.334 e. The molecule has 0 aliphatic heterocycles. The van der Waals surface area contributed by atoms with Crippen LogP contribution in [0.15, 0.2) is 42.0 Å². The molecule has 0 spiro atoms. The molecule has 0 saturated heterocycles. The number of rotatable bonds is 9. The maximum Gasteiger partial charge on any atom is 0.334 e. The molecule has 0 aromatic heterocycles. The molecule has 1 aromatic rings. The molecular formula is C18H22O5. The van der Waals surface area contributed by atoms with E-state index < -0.39 is 11.9 Å². The summed E-state index contributed by atoms with van der Waals surface area (Å²) >= 11 is 0. The lowest BCUT2D eigenvalue weighted by molar-refractivity contribution is -0.141. The highest BCUT2D eigenvalue weighted by atomic mass is 16.5. The van der Waals surface area contributed by atoms with Crippen LogP contribution < -0.4 is 0 Å². The SMILES string of the molecule is CCOC(=O)C=C(CCCC(=O)c1ccccc1)C(=O)OCC. The van der Waals surface area contributed by atoms with E-state index in [0.717, 1.165) is 6.08 Å². The van der Waals surface area contributed by atoms with Gasteiger partial charge in [0.05, 0.1) is 13.2 Å². The Kier molecular flexibility index (Phi) is 8.36. The van der Waals surface area contributed by atoms with E-state index >= 15 is 0 Å². The fourth-order valence-corrected chi connectivity index (χ4v) is 1.99. The molecule has 5 heteroatoms. The number of benzene rings is 1. The van der Waals surface area contributed by atoms with Crippen LogP contribution in [-0.2, 0) is 19.1 Å². The van der Waals surface area contributed by atoms with Crippen molar-refractivity contribution in [3.05, 3.63) is 47.5 Å². The van der Waals surface area contributed by atoms with E-state index in [4.69, 9.17) is 9.47 Å². The molecule has 0 heterocycles. The summed E-state index contributed by atoms with van der Waals surface area (Å²) in [4.78, 5) is 35.4. The fourth-order valence-electron chi connectivity index (χ4n) is 1.99. The van der Waals surface area contributed by atoms with Crippen LogP contribution >= 0.6 is 0 Å². The normalized spacial score (nSPS) is 11.0. The van der Waals surface area contributed by atoms with Gasteiger partial charge in [-0.25, -0.2) is 9.59 Å². The molecule has 0 amide bonds. The first kappa shape index (κ1) is 18.6. The monoisotopic (exact) mass is 318 g/mol. The van der Waals surface area contributed by atoms with Crippen LogP contribution in [-0.4, -0.2) is 30.9 Å². The number of hydrogen-bond acceptors (Lipinski definition) is 5. The van der Waals surface area contributed by atoms with Crippen LogP contribution in [0.4, 0.5) is 0 Å². The molecule has 0 saturated carbocycles. The van der Waals surface area contributed by atoms with Crippen LogP contribution in [0.25, 0.3) is 0 Å². The van der Waals surface area contributed by atoms with E-state index in [1.165, 1.54) is 0 Å². The fraction of sp³-hybridized carbons (Fsp3) is 0.389. The summed E-state index contributed by atoms with van der Waals surface area (Å²) in [7, 11) is 0. The number of carbonyl (C=O) groups is 3. The van der Waals surface area contributed by atoms with Gasteiger partial charge in [0.1, 0.15) is 0 Å². The van der Waals surface area contributed by atoms with Crippen molar-refractivity contribution >= 4 is 17.7 Å². The van der Waals surface area contributed by atoms with Gasteiger partial charge in [-0.2, -0.15) is 0 Å². The van der Waals surface area contributed by atoms with Crippen molar-refractivity contribution in [3.8, 4) is 0 Å². The third-order valence-electron chi connectivity index (χ3n) is 3.06. The maximum absolute atomic E-state index is 12.0. The van der Waals surface area contributed by atoms with Gasteiger partial charge in [0.25, 0.3) is 0 Å². The van der Waals surface area contributed by atoms with Gasteiger partial charge < -0.3 is 9.47 Å². The van der Waals surface area contributed by atoms with Gasteiger partial charge in [-0.3, -0.25) is 4.79 Å². The van der Waals surface area contributed by atoms with E-state index in [-0.39, 0.29) is 31.0 Å². The van der Waals surface area contributed by atoms with Crippen molar-refractivity contribution in [2.24, 2.45) is 0 Å². The van der Waals surface area contributed by atoms with Gasteiger partial charge in [-0.15, -0.1) is 0 Å². The van der Waals surface area contributed by atoms with E-state index in [9.17, 15) is 14.4 Å². The van der Waals surface area contributed by atoms with Gasteiger partial charge in [0.15, 0.2) is 5.78 Å². The van der Waals surface area contributed by atoms with Gasteiger partial charge in [-0.05, 0) is 26.7 Å². The molecule has 0 N–H and O–H groups in total. The zero-order chi connectivity index (χ0) is 17.1. The molecule has 124 valence electrons. The topological polar surface area (TPSA) is 69.7 Å². The summed E-state index contributed by atoms with van der Waals surface area (Å²) in [5.74, 6) is -1.12. The maximum atomic E-state index is 12.0. The molecule has 0 bridgehead atoms. The molecular weight excluding hydrogens is 296 g/mol. The second-order valence-corrected chi connectivity index (χ2v) is 4.78. The summed E-state index contributed by atoms with van der Waals surface area (Å²) in [6, 6.07) is 8.96. The second kappa shape index (κ2) is 10.3. The molecule has 23 heavy (non-hydrogen) atoms. The molecule has 1 rings (SSSR count). The standard InChI is InChI=1S/C18H22O5/c1-3-22-17(20)13-15(18(21)23-4-2)11-8-12-16(19)14-9-6-5-7-10-14/h5-7,9-10,13H,3-4,8,11-12H2,1-2H3. The zero-order valence-corrected chi connectivity index (χ0v) is 13.5. The number of ketones is 1. The summed E-state index contributed by atoms with van der Waals surface area (Å²) in [5, 5.41) is 0. The summed E-state index contributed by atoms with van der Waals surface area (Å²) in [6.07, 6.45) is 2.19. The predicted molar refractivity (Wildman–Crippen MR) is 86.0 cm³/mol. The predicted octanol–water partition coefficient (Wildman–Crippen LogP) is 3.09. The van der Waals surface area contributed by atoms with Crippen LogP contribution in [0.3, 0.4) is 0 Å². The van der Waals surface area contributed by atoms with E-state index in [1.807, 2.05) is 6.07 Å². The molecule has 1 aromatic carbocycles. The largest absolute Gasteiger partial charge is 0.463 e. The van der Waals surface area contributed by atoms with Gasteiger partial charge in [0, 0.05) is 23.6 Å². The van der Waals surface area contributed by atoms with Crippen LogP contribution in [0.1, 0.15) is 43.5 Å². The Morgan fingerprint density at radius 3 is 2.22 bits per heavy atom. The molecule has 0 aliphatic carbocycles. The van der Waals surface area contributed by atoms with Crippen LogP contribution in [0.2, 0.25) is 0 Å². The third-order valence-corrected chi connectivity index (χ3v) is 3.06. The van der Waals surface area contributed by atoms with Gasteiger partial charge >= 0.3 is 11.9 Å². The number of Topliss-reactive ketones (excluding diaryl/α,β-unsaturated/α-hetero) is 1. The molecule has 5 nitrogen and oxygen atoms in total. The first-order valence-corrected chi connectivity index (χ1v) is 7.71. The van der Waals surface area contributed by atoms with Gasteiger partial charge in [-0.1, -0.05) is 30.3 Å². The van der Waals surface area contributed by atoms with Crippen molar-refractivity contribution in [3.63, 3.8) is 0 Å². The Morgan fingerprint density at radius 2 is 1.61 bits per heavy atom. The van der Waals surface area contributed by atoms with E-state index in [0.29, 0.717) is 18.4 Å². The van der Waals surface area contributed by atoms with Crippen molar-refractivity contribution in [2.45, 2.75) is 33.1 Å². The number of ether oxygens (including phenoxy) is 2. The molecule has 0 unspecified atom stereocenters. The minimum atomic E-state index is -0.579. The first-order valence-electron chi connectivity index (χ1n) is 7.71. The highest BCUT2D eigenvalue weighted by Gasteiger charge is 2.14. The summed E-state index contributed by atoms with van der Waals surface area (Å²) in [6.45, 7) is 3.84. The molecule has 0 atom stereocenters. The lowest BCUT2D eigenvalue weighted by atomic mass is 10.0. The molecule has 0 radical (unpaired) electrons. The van der Waals surface area contributed by atoms with Crippen molar-refractivity contribution < 1.29 is 23.9 Å². The Morgan fingerprint density at radius 1 is 0.957 bits per heavy atom. The average Bonchev–Trinajstić information content (AvgIpc) is 2.55. The first-order chi connectivity index (χ1) is 11.1. The Labute approximate surface area is 136 Å². The van der Waals surface area contributed by atoms with E-state index in [2.05, 4.69) is 0 Å². The lowest BCUT2D eigenvalue weighted by Gasteiger charge is -2.07. The van der Waals surface area contributed by atoms with Gasteiger partial charge in [0.2, 0.25) is 0 Å². The van der Waals surface area contributed by atoms with Crippen molar-refractivity contribution in [1.29, 1.82) is 0 Å². The number of esters is 2. The Bertz CT molecular complexity index is 560. The molecule has 0 aliphatic rings. The number of carbonyl (C=O) groups excluding carboxylic acids is 3. The quantitative estimate of drug-likeness (QED) is 0.397. The Hall–Kier alpha value is -2.43. The van der Waals surface area contributed by atoms with E-state index in [1.54, 1.807) is 38.1 Å². The van der Waals surface area contributed by atoms with Crippen LogP contribution in [0, 0.1) is 0 Å². The average molecular weight is 318 g/mol. The Balaban J connectivity index is 2.62. The highest BCUT2D eigenvalue weighted by Crippen LogP contribution is 2.13. The highest BCUT2D eigenvalue weighted by molar-refractivity contribution is 5.97.